The number of aryl methyl sites for hydroxylation is 1. The van der Waals surface area contributed by atoms with Crippen LogP contribution in [0.25, 0.3) is 21.8 Å². The second-order valence-corrected chi connectivity index (χ2v) is 7.09. The molecule has 0 bridgehead atoms. The predicted molar refractivity (Wildman–Crippen MR) is 106 cm³/mol. The molecule has 2 aromatic heterocycles. The van der Waals surface area contributed by atoms with E-state index in [1.165, 1.54) is 10.9 Å². The molecule has 0 saturated carbocycles. The molecule has 1 atom stereocenters. The zero-order chi connectivity index (χ0) is 18.4. The quantitative estimate of drug-likeness (QED) is 0.505. The Morgan fingerprint density at radius 3 is 2.78 bits per heavy atom. The number of nitrogens with one attached hydrogen (secondary N) is 3. The number of carbonyl (C=O) groups is 1. The summed E-state index contributed by atoms with van der Waals surface area (Å²) in [6.07, 6.45) is 3.06. The third kappa shape index (κ3) is 2.58. The fraction of sp³-hybridized carbons (Fsp3) is 0.227. The van der Waals surface area contributed by atoms with Crippen molar-refractivity contribution in [1.82, 2.24) is 15.3 Å². The summed E-state index contributed by atoms with van der Waals surface area (Å²) < 4.78 is 5.39. The number of fused-ring (bicyclic) bond motifs is 4. The van der Waals surface area contributed by atoms with Crippen molar-refractivity contribution in [1.29, 1.82) is 0 Å². The van der Waals surface area contributed by atoms with Gasteiger partial charge in [0, 0.05) is 27.5 Å². The van der Waals surface area contributed by atoms with Crippen molar-refractivity contribution in [2.24, 2.45) is 0 Å². The molecule has 0 fully saturated rings. The van der Waals surface area contributed by atoms with Crippen LogP contribution in [0.5, 0.6) is 5.75 Å². The lowest BCUT2D eigenvalue weighted by atomic mass is 9.91. The predicted octanol–water partition coefficient (Wildman–Crippen LogP) is 4.47. The molecule has 1 amide bonds. The van der Waals surface area contributed by atoms with Crippen molar-refractivity contribution in [3.05, 3.63) is 65.5 Å². The number of rotatable bonds is 3. The SMILES string of the molecule is COc1cccc2[nH]c(C(=O)N[C@@H]3CCCc4c3[nH]c3ccccc43)cc12. The van der Waals surface area contributed by atoms with Crippen LogP contribution in [-0.2, 0) is 6.42 Å². The van der Waals surface area contributed by atoms with E-state index in [-0.39, 0.29) is 11.9 Å². The van der Waals surface area contributed by atoms with Gasteiger partial charge in [-0.1, -0.05) is 24.3 Å². The van der Waals surface area contributed by atoms with E-state index in [1.807, 2.05) is 30.3 Å². The number of benzene rings is 2. The van der Waals surface area contributed by atoms with Crippen LogP contribution < -0.4 is 10.1 Å². The summed E-state index contributed by atoms with van der Waals surface area (Å²) in [6.45, 7) is 0. The highest BCUT2D eigenvalue weighted by Gasteiger charge is 2.26. The Labute approximate surface area is 156 Å². The molecule has 2 aromatic carbocycles. The monoisotopic (exact) mass is 359 g/mol. The van der Waals surface area contributed by atoms with Crippen molar-refractivity contribution >= 4 is 27.7 Å². The number of hydrogen-bond acceptors (Lipinski definition) is 2. The minimum atomic E-state index is -0.0928. The third-order valence-corrected chi connectivity index (χ3v) is 5.51. The summed E-state index contributed by atoms with van der Waals surface area (Å²) in [5.74, 6) is 0.670. The third-order valence-electron chi connectivity index (χ3n) is 5.51. The topological polar surface area (TPSA) is 69.9 Å². The summed E-state index contributed by atoms with van der Waals surface area (Å²) >= 11 is 0. The van der Waals surface area contributed by atoms with Crippen molar-refractivity contribution in [3.8, 4) is 5.75 Å². The van der Waals surface area contributed by atoms with Crippen LogP contribution in [-0.4, -0.2) is 23.0 Å². The van der Waals surface area contributed by atoms with Crippen molar-refractivity contribution in [2.45, 2.75) is 25.3 Å². The minimum absolute atomic E-state index is 0.00181. The van der Waals surface area contributed by atoms with E-state index in [4.69, 9.17) is 4.74 Å². The molecule has 1 aliphatic rings. The lowest BCUT2D eigenvalue weighted by Gasteiger charge is -2.23. The smallest absolute Gasteiger partial charge is 0.268 e. The number of para-hydroxylation sites is 1. The molecule has 0 radical (unpaired) electrons. The molecule has 27 heavy (non-hydrogen) atoms. The van der Waals surface area contributed by atoms with Crippen molar-refractivity contribution in [3.63, 3.8) is 0 Å². The van der Waals surface area contributed by atoms with Crippen LogP contribution in [0.1, 0.15) is 40.6 Å². The second-order valence-electron chi connectivity index (χ2n) is 7.09. The van der Waals surface area contributed by atoms with Gasteiger partial charge in [-0.05, 0) is 49.1 Å². The van der Waals surface area contributed by atoms with Gasteiger partial charge in [0.1, 0.15) is 11.4 Å². The van der Waals surface area contributed by atoms with E-state index in [9.17, 15) is 4.79 Å². The van der Waals surface area contributed by atoms with Gasteiger partial charge in [-0.2, -0.15) is 0 Å². The molecular formula is C22H21N3O2. The fourth-order valence-electron chi connectivity index (χ4n) is 4.22. The first-order valence-electron chi connectivity index (χ1n) is 9.30. The van der Waals surface area contributed by atoms with Crippen LogP contribution in [0.15, 0.2) is 48.5 Å². The average Bonchev–Trinajstić information content (AvgIpc) is 3.30. The standard InChI is InChI=1S/C22H21N3O2/c1-27-20-11-5-9-17-15(20)12-19(23-17)22(26)25-18-10-4-7-14-13-6-2-3-8-16(13)24-21(14)18/h2-3,5-6,8-9,11-12,18,23-24H,4,7,10H2,1H3,(H,25,26)/t18-/m1/s1. The van der Waals surface area contributed by atoms with E-state index >= 15 is 0 Å². The maximum Gasteiger partial charge on any atom is 0.268 e. The number of H-pyrrole nitrogens is 2. The van der Waals surface area contributed by atoms with Gasteiger partial charge in [-0.25, -0.2) is 0 Å². The van der Waals surface area contributed by atoms with E-state index in [0.717, 1.165) is 47.1 Å². The maximum atomic E-state index is 12.9. The summed E-state index contributed by atoms with van der Waals surface area (Å²) in [7, 11) is 1.64. The molecule has 136 valence electrons. The van der Waals surface area contributed by atoms with Gasteiger partial charge < -0.3 is 20.0 Å². The Bertz CT molecular complexity index is 1160. The van der Waals surface area contributed by atoms with Crippen molar-refractivity contribution in [2.75, 3.05) is 7.11 Å². The van der Waals surface area contributed by atoms with Crippen LogP contribution in [0.4, 0.5) is 0 Å². The highest BCUT2D eigenvalue weighted by Crippen LogP contribution is 2.35. The molecule has 5 nitrogen and oxygen atoms in total. The lowest BCUT2D eigenvalue weighted by molar-refractivity contribution is 0.0927. The normalized spacial score (nSPS) is 16.4. The molecule has 4 aromatic rings. The number of ether oxygens (including phenoxy) is 1. The molecule has 0 aliphatic heterocycles. The van der Waals surface area contributed by atoms with Crippen LogP contribution >= 0.6 is 0 Å². The largest absolute Gasteiger partial charge is 0.496 e. The summed E-state index contributed by atoms with van der Waals surface area (Å²) in [6, 6.07) is 16.0. The Morgan fingerprint density at radius 1 is 1.07 bits per heavy atom. The van der Waals surface area contributed by atoms with Gasteiger partial charge in [0.15, 0.2) is 0 Å². The zero-order valence-electron chi connectivity index (χ0n) is 15.1. The average molecular weight is 359 g/mol. The van der Waals surface area contributed by atoms with Gasteiger partial charge in [0.25, 0.3) is 5.91 Å². The van der Waals surface area contributed by atoms with E-state index < -0.39 is 0 Å². The molecule has 5 heteroatoms. The summed E-state index contributed by atoms with van der Waals surface area (Å²) in [5, 5.41) is 5.39. The van der Waals surface area contributed by atoms with Gasteiger partial charge >= 0.3 is 0 Å². The molecule has 2 heterocycles. The van der Waals surface area contributed by atoms with Gasteiger partial charge in [0.2, 0.25) is 0 Å². The molecular weight excluding hydrogens is 338 g/mol. The fourth-order valence-corrected chi connectivity index (χ4v) is 4.22. The van der Waals surface area contributed by atoms with Gasteiger partial charge in [-0.3, -0.25) is 4.79 Å². The van der Waals surface area contributed by atoms with Gasteiger partial charge in [-0.15, -0.1) is 0 Å². The van der Waals surface area contributed by atoms with Crippen LogP contribution in [0.3, 0.4) is 0 Å². The molecule has 5 rings (SSSR count). The molecule has 0 unspecified atom stereocenters. The van der Waals surface area contributed by atoms with Crippen molar-refractivity contribution < 1.29 is 9.53 Å². The number of aromatic amines is 2. The van der Waals surface area contributed by atoms with Gasteiger partial charge in [0.05, 0.1) is 13.2 Å². The number of hydrogen-bond donors (Lipinski definition) is 3. The van der Waals surface area contributed by atoms with Crippen LogP contribution in [0.2, 0.25) is 0 Å². The van der Waals surface area contributed by atoms with E-state index in [1.54, 1.807) is 7.11 Å². The molecule has 0 spiro atoms. The molecule has 1 aliphatic carbocycles. The number of carbonyl (C=O) groups excluding carboxylic acids is 1. The Hall–Kier alpha value is -3.21. The highest BCUT2D eigenvalue weighted by molar-refractivity contribution is 6.00. The zero-order valence-corrected chi connectivity index (χ0v) is 15.1. The number of aromatic nitrogens is 2. The summed E-state index contributed by atoms with van der Waals surface area (Å²) in [4.78, 5) is 19.6. The second kappa shape index (κ2) is 6.20. The van der Waals surface area contributed by atoms with E-state index in [2.05, 4.69) is 33.5 Å². The first kappa shape index (κ1) is 16.0. The number of amides is 1. The highest BCUT2D eigenvalue weighted by atomic mass is 16.5. The summed E-state index contributed by atoms with van der Waals surface area (Å²) in [5.41, 5.74) is 5.07. The molecule has 0 saturated heterocycles. The van der Waals surface area contributed by atoms with Crippen LogP contribution in [0, 0.1) is 0 Å². The first-order valence-corrected chi connectivity index (χ1v) is 9.30. The Balaban J connectivity index is 1.47. The van der Waals surface area contributed by atoms with E-state index in [0.29, 0.717) is 5.69 Å². The Kier molecular flexibility index (Phi) is 3.67. The number of methoxy groups -OCH3 is 1. The Morgan fingerprint density at radius 2 is 1.89 bits per heavy atom. The minimum Gasteiger partial charge on any atom is -0.496 e. The lowest BCUT2D eigenvalue weighted by Crippen LogP contribution is -2.31. The maximum absolute atomic E-state index is 12.9. The molecule has 3 N–H and O–H groups in total. The first-order chi connectivity index (χ1) is 13.2.